The number of pyridine rings is 1. The highest BCUT2D eigenvalue weighted by Crippen LogP contribution is 2.36. The molecule has 166 valence electrons. The molecule has 0 bridgehead atoms. The van der Waals surface area contributed by atoms with Gasteiger partial charge in [-0.1, -0.05) is 11.6 Å². The molecule has 1 amide bonds. The highest BCUT2D eigenvalue weighted by atomic mass is 35.5. The van der Waals surface area contributed by atoms with Crippen LogP contribution in [0.5, 0.6) is 11.8 Å². The summed E-state index contributed by atoms with van der Waals surface area (Å²) >= 11 is 5.70. The van der Waals surface area contributed by atoms with Crippen molar-refractivity contribution in [2.45, 2.75) is 52.1 Å². The van der Waals surface area contributed by atoms with E-state index in [-0.39, 0.29) is 4.68 Å². The highest BCUT2D eigenvalue weighted by molar-refractivity contribution is 6.31. The summed E-state index contributed by atoms with van der Waals surface area (Å²) in [5.41, 5.74) is -2.59. The lowest BCUT2D eigenvalue weighted by atomic mass is 10.2. The minimum atomic E-state index is -4.96. The Hall–Kier alpha value is -2.50. The Morgan fingerprint density at radius 2 is 1.63 bits per heavy atom. The van der Waals surface area contributed by atoms with Crippen LogP contribution in [0.25, 0.3) is 0 Å². The minimum absolute atomic E-state index is 0.132. The molecule has 0 aliphatic rings. The lowest BCUT2D eigenvalue weighted by Gasteiger charge is -2.30. The fourth-order valence-corrected chi connectivity index (χ4v) is 2.86. The van der Waals surface area contributed by atoms with E-state index in [1.807, 2.05) is 0 Å². The van der Waals surface area contributed by atoms with Crippen molar-refractivity contribution >= 4 is 17.6 Å². The molecule has 0 saturated heterocycles. The molecule has 0 aliphatic heterocycles. The lowest BCUT2D eigenvalue weighted by molar-refractivity contribution is -0.143. The summed E-state index contributed by atoms with van der Waals surface area (Å²) in [6.07, 6.45) is -9.27. The average molecular weight is 459 g/mol. The third kappa shape index (κ3) is 5.15. The summed E-state index contributed by atoms with van der Waals surface area (Å²) in [5.74, 6) is -1.31. The smallest absolute Gasteiger partial charge is 0.417 e. The maximum Gasteiger partial charge on any atom is 0.433 e. The molecule has 0 unspecified atom stereocenters. The first-order valence-corrected chi connectivity index (χ1v) is 8.91. The van der Waals surface area contributed by atoms with Crippen LogP contribution in [0.2, 0.25) is 5.02 Å². The van der Waals surface area contributed by atoms with Gasteiger partial charge in [0, 0.05) is 24.3 Å². The van der Waals surface area contributed by atoms with Gasteiger partial charge < -0.3 is 9.64 Å². The van der Waals surface area contributed by atoms with Gasteiger partial charge in [-0.25, -0.2) is 9.78 Å². The molecule has 0 N–H and O–H groups in total. The molecule has 0 spiro atoms. The number of amides is 1. The molecule has 0 fully saturated rings. The molecule has 6 nitrogen and oxygen atoms in total. The number of carbonyl (C=O) groups excluding carboxylic acids is 1. The Labute approximate surface area is 172 Å². The van der Waals surface area contributed by atoms with Crippen LogP contribution in [0.4, 0.5) is 31.1 Å². The quantitative estimate of drug-likeness (QED) is 0.539. The van der Waals surface area contributed by atoms with Gasteiger partial charge in [0.25, 0.3) is 0 Å². The van der Waals surface area contributed by atoms with Crippen LogP contribution >= 0.6 is 11.6 Å². The molecule has 2 aromatic rings. The zero-order valence-corrected chi connectivity index (χ0v) is 16.9. The van der Waals surface area contributed by atoms with E-state index >= 15 is 0 Å². The summed E-state index contributed by atoms with van der Waals surface area (Å²) in [6.45, 7) is 6.49. The number of alkyl halides is 6. The van der Waals surface area contributed by atoms with Gasteiger partial charge in [-0.3, -0.25) is 0 Å². The zero-order chi connectivity index (χ0) is 23.0. The SMILES string of the molecule is CC(C)N(C(=O)n1nc(Oc2ncc(C(F)(F)F)cc2Cl)cc1C(F)(F)F)C(C)C. The van der Waals surface area contributed by atoms with Gasteiger partial charge in [-0.15, -0.1) is 5.10 Å². The molecule has 2 rings (SSSR count). The van der Waals surface area contributed by atoms with Crippen LogP contribution in [-0.4, -0.2) is 37.8 Å². The first kappa shape index (κ1) is 23.8. The average Bonchev–Trinajstić information content (AvgIpc) is 2.99. The maximum atomic E-state index is 13.4. The Balaban J connectivity index is 2.46. The molecule has 2 aromatic heterocycles. The molecule has 30 heavy (non-hydrogen) atoms. The van der Waals surface area contributed by atoms with E-state index in [0.29, 0.717) is 18.3 Å². The van der Waals surface area contributed by atoms with Gasteiger partial charge in [-0.05, 0) is 33.8 Å². The van der Waals surface area contributed by atoms with Crippen LogP contribution in [-0.2, 0) is 12.4 Å². The van der Waals surface area contributed by atoms with E-state index in [1.54, 1.807) is 27.7 Å². The van der Waals surface area contributed by atoms with E-state index in [4.69, 9.17) is 16.3 Å². The van der Waals surface area contributed by atoms with Crippen molar-refractivity contribution in [3.63, 3.8) is 0 Å². The van der Waals surface area contributed by atoms with Crippen LogP contribution < -0.4 is 4.74 Å². The van der Waals surface area contributed by atoms with E-state index < -0.39 is 58.5 Å². The van der Waals surface area contributed by atoms with Crippen LogP contribution in [0, 0.1) is 0 Å². The highest BCUT2D eigenvalue weighted by Gasteiger charge is 2.40. The molecule has 0 radical (unpaired) electrons. The fraction of sp³-hybridized carbons (Fsp3) is 0.471. The summed E-state index contributed by atoms with van der Waals surface area (Å²) < 4.78 is 83.5. The van der Waals surface area contributed by atoms with E-state index in [2.05, 4.69) is 10.1 Å². The van der Waals surface area contributed by atoms with Crippen molar-refractivity contribution in [3.8, 4) is 11.8 Å². The third-order valence-corrected chi connectivity index (χ3v) is 4.10. The van der Waals surface area contributed by atoms with Crippen molar-refractivity contribution in [2.75, 3.05) is 0 Å². The first-order valence-electron chi connectivity index (χ1n) is 8.53. The van der Waals surface area contributed by atoms with Gasteiger partial charge in [0.05, 0.1) is 5.56 Å². The van der Waals surface area contributed by atoms with Gasteiger partial charge in [0.1, 0.15) is 5.02 Å². The maximum absolute atomic E-state index is 13.4. The van der Waals surface area contributed by atoms with Gasteiger partial charge in [0.15, 0.2) is 5.69 Å². The topological polar surface area (TPSA) is 60.2 Å². The minimum Gasteiger partial charge on any atom is -0.417 e. The number of halogens is 7. The molecule has 2 heterocycles. The summed E-state index contributed by atoms with van der Waals surface area (Å²) in [5, 5.41) is 2.94. The second-order valence-electron chi connectivity index (χ2n) is 6.77. The van der Waals surface area contributed by atoms with E-state index in [0.717, 1.165) is 0 Å². The first-order chi connectivity index (χ1) is 13.6. The van der Waals surface area contributed by atoms with Crippen molar-refractivity contribution in [3.05, 3.63) is 34.6 Å². The molecule has 0 aromatic carbocycles. The second kappa shape index (κ2) is 8.32. The van der Waals surface area contributed by atoms with Crippen LogP contribution in [0.3, 0.4) is 0 Å². The van der Waals surface area contributed by atoms with Crippen molar-refractivity contribution in [1.82, 2.24) is 19.7 Å². The predicted molar refractivity (Wildman–Crippen MR) is 94.5 cm³/mol. The van der Waals surface area contributed by atoms with Crippen molar-refractivity contribution in [1.29, 1.82) is 0 Å². The molecule has 0 atom stereocenters. The largest absolute Gasteiger partial charge is 0.433 e. The van der Waals surface area contributed by atoms with Gasteiger partial charge in [-0.2, -0.15) is 31.0 Å². The lowest BCUT2D eigenvalue weighted by Crippen LogP contribution is -2.45. The monoisotopic (exact) mass is 458 g/mol. The molecular weight excluding hydrogens is 442 g/mol. The molecule has 13 heteroatoms. The number of hydrogen-bond acceptors (Lipinski definition) is 4. The van der Waals surface area contributed by atoms with Crippen LogP contribution in [0.1, 0.15) is 39.0 Å². The normalized spacial score (nSPS) is 12.6. The second-order valence-corrected chi connectivity index (χ2v) is 7.17. The Morgan fingerprint density at radius 3 is 2.07 bits per heavy atom. The number of ether oxygens (including phenoxy) is 1. The van der Waals surface area contributed by atoms with E-state index in [9.17, 15) is 31.1 Å². The van der Waals surface area contributed by atoms with Crippen molar-refractivity contribution in [2.24, 2.45) is 0 Å². The third-order valence-electron chi connectivity index (χ3n) is 3.83. The number of rotatable bonds is 4. The number of carbonyl (C=O) groups is 1. The van der Waals surface area contributed by atoms with E-state index in [1.165, 1.54) is 4.90 Å². The van der Waals surface area contributed by atoms with Crippen molar-refractivity contribution < 1.29 is 35.9 Å². The zero-order valence-electron chi connectivity index (χ0n) is 16.1. The number of nitrogens with zero attached hydrogens (tertiary/aromatic N) is 4. The Morgan fingerprint density at radius 1 is 1.07 bits per heavy atom. The fourth-order valence-electron chi connectivity index (χ4n) is 2.66. The Kier molecular flexibility index (Phi) is 6.60. The molecule has 0 aliphatic carbocycles. The molecular formula is C17H17ClF6N4O2. The van der Waals surface area contributed by atoms with Gasteiger partial charge >= 0.3 is 18.4 Å². The standard InChI is InChI=1S/C17H17ClF6N4O2/c1-8(2)27(9(3)4)15(29)28-12(17(22,23)24)6-13(26-28)30-14-11(18)5-10(7-25-14)16(19,20)21/h5-9H,1-4H3. The number of aromatic nitrogens is 3. The van der Waals surface area contributed by atoms with Gasteiger partial charge in [0.2, 0.25) is 11.8 Å². The summed E-state index contributed by atoms with van der Waals surface area (Å²) in [7, 11) is 0. The predicted octanol–water partition coefficient (Wildman–Crippen LogP) is 5.85. The number of hydrogen-bond donors (Lipinski definition) is 0. The molecule has 0 saturated carbocycles. The summed E-state index contributed by atoms with van der Waals surface area (Å²) in [4.78, 5) is 17.2. The van der Waals surface area contributed by atoms with Crippen LogP contribution in [0.15, 0.2) is 18.3 Å². The summed E-state index contributed by atoms with van der Waals surface area (Å²) in [6, 6.07) is -0.965. The Bertz CT molecular complexity index is 916.